The zero-order chi connectivity index (χ0) is 21.9. The van der Waals surface area contributed by atoms with Gasteiger partial charge in [-0.25, -0.2) is 4.79 Å². The molecule has 0 fully saturated rings. The Morgan fingerprint density at radius 3 is 1.87 bits per heavy atom. The van der Waals surface area contributed by atoms with Crippen molar-refractivity contribution >= 4 is 33.2 Å². The highest BCUT2D eigenvalue weighted by atomic mass is 79.9. The number of carbonyl (C=O) groups excluding carboxylic acids is 1. The van der Waals surface area contributed by atoms with Crippen LogP contribution in [0, 0.1) is 5.92 Å². The molecule has 0 aliphatic rings. The second-order valence-electron chi connectivity index (χ2n) is 8.72. The first kappa shape index (κ1) is 27.7. The molecule has 1 atom stereocenters. The van der Waals surface area contributed by atoms with Crippen molar-refractivity contribution in [2.75, 3.05) is 6.61 Å². The van der Waals surface area contributed by atoms with Crippen LogP contribution in [0.1, 0.15) is 133 Å². The van der Waals surface area contributed by atoms with Crippen LogP contribution in [0.4, 0.5) is 0 Å². The number of ether oxygens (including phenoxy) is 1. The highest BCUT2D eigenvalue weighted by Crippen LogP contribution is 2.25. The van der Waals surface area contributed by atoms with Crippen LogP contribution in [-0.4, -0.2) is 12.6 Å². The van der Waals surface area contributed by atoms with Gasteiger partial charge in [0, 0.05) is 0 Å². The first-order valence-electron chi connectivity index (χ1n) is 12.6. The lowest BCUT2D eigenvalue weighted by Crippen LogP contribution is -2.06. The average molecular weight is 502 g/mol. The predicted octanol–water partition coefficient (Wildman–Crippen LogP) is 9.96. The zero-order valence-corrected chi connectivity index (χ0v) is 22.0. The third kappa shape index (κ3) is 13.9. The van der Waals surface area contributed by atoms with Gasteiger partial charge in [-0.1, -0.05) is 117 Å². The van der Waals surface area contributed by atoms with Crippen molar-refractivity contribution in [3.8, 4) is 0 Å². The summed E-state index contributed by atoms with van der Waals surface area (Å²) in [5, 5.41) is 1.91. The molecule has 1 rings (SSSR count). The summed E-state index contributed by atoms with van der Waals surface area (Å²) < 4.78 is 6.27. The fraction of sp³-hybridized carbons (Fsp3) is 0.808. The monoisotopic (exact) mass is 500 g/mol. The van der Waals surface area contributed by atoms with E-state index in [9.17, 15) is 4.79 Å². The zero-order valence-electron chi connectivity index (χ0n) is 19.6. The van der Waals surface area contributed by atoms with E-state index in [2.05, 4.69) is 29.8 Å². The predicted molar refractivity (Wildman–Crippen MR) is 136 cm³/mol. The first-order valence-corrected chi connectivity index (χ1v) is 14.3. The molecule has 1 unspecified atom stereocenters. The number of unbranched alkanes of at least 4 members (excludes halogenated alkanes) is 11. The summed E-state index contributed by atoms with van der Waals surface area (Å²) in [6.07, 6.45) is 23.0. The molecule has 0 amide bonds. The van der Waals surface area contributed by atoms with E-state index in [1.807, 2.05) is 11.4 Å². The molecule has 1 heterocycles. The molecule has 30 heavy (non-hydrogen) atoms. The lowest BCUT2D eigenvalue weighted by molar-refractivity contribution is 0.0497. The maximum Gasteiger partial charge on any atom is 0.340 e. The molecule has 0 radical (unpaired) electrons. The normalized spacial score (nSPS) is 12.2. The Hall–Kier alpha value is -0.350. The smallest absolute Gasteiger partial charge is 0.340 e. The summed E-state index contributed by atoms with van der Waals surface area (Å²) in [4.78, 5) is 12.0. The van der Waals surface area contributed by atoms with Gasteiger partial charge in [0.2, 0.25) is 0 Å². The maximum atomic E-state index is 12.0. The third-order valence-electron chi connectivity index (χ3n) is 6.01. The fourth-order valence-corrected chi connectivity index (χ4v) is 5.30. The van der Waals surface area contributed by atoms with Crippen molar-refractivity contribution in [1.82, 2.24) is 0 Å². The molecule has 0 N–H and O–H groups in total. The highest BCUT2D eigenvalue weighted by Gasteiger charge is 2.12. The first-order chi connectivity index (χ1) is 14.7. The topological polar surface area (TPSA) is 26.3 Å². The number of esters is 1. The molecule has 2 nitrogen and oxygen atoms in total. The third-order valence-corrected chi connectivity index (χ3v) is 7.70. The van der Waals surface area contributed by atoms with Crippen LogP contribution in [-0.2, 0) is 4.74 Å². The van der Waals surface area contributed by atoms with Crippen LogP contribution in [0.3, 0.4) is 0 Å². The van der Waals surface area contributed by atoms with E-state index >= 15 is 0 Å². The van der Waals surface area contributed by atoms with E-state index in [0.29, 0.717) is 12.2 Å². The fourth-order valence-electron chi connectivity index (χ4n) is 4.08. The molecular weight excluding hydrogens is 456 g/mol. The van der Waals surface area contributed by atoms with Crippen molar-refractivity contribution in [3.63, 3.8) is 0 Å². The van der Waals surface area contributed by atoms with Gasteiger partial charge in [-0.05, 0) is 39.7 Å². The van der Waals surface area contributed by atoms with Crippen LogP contribution >= 0.6 is 27.3 Å². The summed E-state index contributed by atoms with van der Waals surface area (Å²) >= 11 is 4.92. The van der Waals surface area contributed by atoms with E-state index in [1.54, 1.807) is 0 Å². The van der Waals surface area contributed by atoms with Crippen LogP contribution in [0.15, 0.2) is 15.2 Å². The Morgan fingerprint density at radius 1 is 0.833 bits per heavy atom. The van der Waals surface area contributed by atoms with E-state index in [-0.39, 0.29) is 5.97 Å². The molecule has 0 aliphatic heterocycles. The van der Waals surface area contributed by atoms with E-state index in [4.69, 9.17) is 4.74 Å². The van der Waals surface area contributed by atoms with Crippen LogP contribution in [0.2, 0.25) is 0 Å². The molecule has 1 aromatic heterocycles. The minimum Gasteiger partial charge on any atom is -0.462 e. The summed E-state index contributed by atoms with van der Waals surface area (Å²) in [5.74, 6) is 0.732. The van der Waals surface area contributed by atoms with Gasteiger partial charge in [-0.2, -0.15) is 0 Å². The highest BCUT2D eigenvalue weighted by molar-refractivity contribution is 9.11. The molecule has 0 saturated carbocycles. The standard InChI is InChI=1S/C26H45BrO2S/c1-3-5-7-9-10-14-18-23(17-13-8-6-4-2)19-15-11-12-16-21-29-26(28)24-20-22-30-25(24)27/h20,22-23H,3-19,21H2,1-2H3. The Balaban J connectivity index is 2.11. The van der Waals surface area contributed by atoms with Gasteiger partial charge < -0.3 is 4.74 Å². The van der Waals surface area contributed by atoms with E-state index < -0.39 is 0 Å². The lowest BCUT2D eigenvalue weighted by atomic mass is 9.89. The van der Waals surface area contributed by atoms with Crippen LogP contribution < -0.4 is 0 Å². The van der Waals surface area contributed by atoms with Crippen LogP contribution in [0.5, 0.6) is 0 Å². The Kier molecular flexibility index (Phi) is 17.9. The summed E-state index contributed by atoms with van der Waals surface area (Å²) in [7, 11) is 0. The van der Waals surface area contributed by atoms with Crippen molar-refractivity contribution in [2.45, 2.75) is 123 Å². The van der Waals surface area contributed by atoms with Gasteiger partial charge in [0.15, 0.2) is 0 Å². The van der Waals surface area contributed by atoms with E-state index in [1.165, 1.54) is 108 Å². The molecule has 0 aliphatic carbocycles. The molecule has 4 heteroatoms. The Morgan fingerprint density at radius 2 is 1.33 bits per heavy atom. The van der Waals surface area contributed by atoms with Gasteiger partial charge in [0.05, 0.1) is 16.0 Å². The molecule has 0 saturated heterocycles. The number of thiophene rings is 1. The molecule has 1 aromatic rings. The molecular formula is C26H45BrO2S. The van der Waals surface area contributed by atoms with Crippen molar-refractivity contribution in [2.24, 2.45) is 5.92 Å². The Bertz CT molecular complexity index is 529. The summed E-state index contributed by atoms with van der Waals surface area (Å²) in [6, 6.07) is 1.82. The number of hydrogen-bond donors (Lipinski definition) is 0. The SMILES string of the molecule is CCCCCCCCC(CCCCCC)CCCCCCOC(=O)c1ccsc1Br. The second-order valence-corrected chi connectivity index (χ2v) is 11.0. The van der Waals surface area contributed by atoms with E-state index in [0.717, 1.165) is 22.5 Å². The quantitative estimate of drug-likeness (QED) is 0.131. The number of carbonyl (C=O) groups is 1. The van der Waals surface area contributed by atoms with Gasteiger partial charge in [0.25, 0.3) is 0 Å². The van der Waals surface area contributed by atoms with Crippen molar-refractivity contribution in [1.29, 1.82) is 0 Å². The van der Waals surface area contributed by atoms with Crippen molar-refractivity contribution < 1.29 is 9.53 Å². The minimum absolute atomic E-state index is 0.200. The van der Waals surface area contributed by atoms with Gasteiger partial charge in [0.1, 0.15) is 0 Å². The van der Waals surface area contributed by atoms with Crippen molar-refractivity contribution in [3.05, 3.63) is 20.8 Å². The lowest BCUT2D eigenvalue weighted by Gasteiger charge is -2.17. The van der Waals surface area contributed by atoms with Gasteiger partial charge in [-0.3, -0.25) is 0 Å². The number of hydrogen-bond acceptors (Lipinski definition) is 3. The Labute approximate surface area is 198 Å². The van der Waals surface area contributed by atoms with Gasteiger partial charge >= 0.3 is 5.97 Å². The molecule has 0 aromatic carbocycles. The molecule has 0 bridgehead atoms. The largest absolute Gasteiger partial charge is 0.462 e. The number of halogens is 1. The molecule has 0 spiro atoms. The summed E-state index contributed by atoms with van der Waals surface area (Å²) in [5.41, 5.74) is 0.653. The maximum absolute atomic E-state index is 12.0. The number of rotatable bonds is 20. The summed E-state index contributed by atoms with van der Waals surface area (Å²) in [6.45, 7) is 5.13. The average Bonchev–Trinajstić information content (AvgIpc) is 3.18. The minimum atomic E-state index is -0.200. The van der Waals surface area contributed by atoms with Gasteiger partial charge in [-0.15, -0.1) is 11.3 Å². The van der Waals surface area contributed by atoms with Crippen LogP contribution in [0.25, 0.3) is 0 Å². The second kappa shape index (κ2) is 19.3. The molecule has 174 valence electrons.